The third kappa shape index (κ3) is 3.54. The molecule has 1 N–H and O–H groups in total. The van der Waals surface area contributed by atoms with E-state index < -0.39 is 0 Å². The molecule has 2 heterocycles. The van der Waals surface area contributed by atoms with Gasteiger partial charge in [0.1, 0.15) is 0 Å². The van der Waals surface area contributed by atoms with E-state index in [0.717, 1.165) is 13.2 Å². The Bertz CT molecular complexity index is 455. The highest BCUT2D eigenvalue weighted by Gasteiger charge is 2.42. The molecule has 1 aromatic rings. The molecule has 1 saturated heterocycles. The Morgan fingerprint density at radius 2 is 2.29 bits per heavy atom. The summed E-state index contributed by atoms with van der Waals surface area (Å²) < 4.78 is 7.49. The minimum Gasteiger partial charge on any atom is -0.375 e. The van der Waals surface area contributed by atoms with Crippen molar-refractivity contribution in [3.05, 3.63) is 20.8 Å². The van der Waals surface area contributed by atoms with Crippen LogP contribution >= 0.6 is 27.3 Å². The predicted octanol–water partition coefficient (Wildman–Crippen LogP) is 5.29. The maximum atomic E-state index is 6.22. The maximum Gasteiger partial charge on any atom is 0.0686 e. The molecule has 0 aromatic carbocycles. The topological polar surface area (TPSA) is 21.3 Å². The van der Waals surface area contributed by atoms with E-state index in [1.807, 2.05) is 11.3 Å². The van der Waals surface area contributed by atoms with E-state index in [0.29, 0.717) is 12.0 Å². The molecule has 1 aliphatic carbocycles. The van der Waals surface area contributed by atoms with Crippen molar-refractivity contribution >= 4 is 27.3 Å². The second-order valence-electron chi connectivity index (χ2n) is 6.56. The van der Waals surface area contributed by atoms with Gasteiger partial charge in [-0.05, 0) is 71.9 Å². The fraction of sp³-hybridized carbons (Fsp3) is 0.765. The summed E-state index contributed by atoms with van der Waals surface area (Å²) >= 11 is 5.62. The summed E-state index contributed by atoms with van der Waals surface area (Å²) in [4.78, 5) is 1.48. The highest BCUT2D eigenvalue weighted by molar-refractivity contribution is 9.10. The molecule has 1 aromatic heterocycles. The lowest BCUT2D eigenvalue weighted by Crippen LogP contribution is -2.42. The minimum absolute atomic E-state index is 0.207. The van der Waals surface area contributed by atoms with Crippen molar-refractivity contribution in [2.75, 3.05) is 13.2 Å². The molecule has 4 heteroatoms. The molecular weight excluding hydrogens is 346 g/mol. The monoisotopic (exact) mass is 371 g/mol. The zero-order chi connectivity index (χ0) is 14.7. The van der Waals surface area contributed by atoms with E-state index >= 15 is 0 Å². The van der Waals surface area contributed by atoms with Gasteiger partial charge in [-0.15, -0.1) is 11.3 Å². The van der Waals surface area contributed by atoms with Crippen molar-refractivity contribution in [3.63, 3.8) is 0 Å². The average molecular weight is 372 g/mol. The number of halogens is 1. The van der Waals surface area contributed by atoms with Gasteiger partial charge >= 0.3 is 0 Å². The van der Waals surface area contributed by atoms with Gasteiger partial charge < -0.3 is 10.1 Å². The fourth-order valence-electron chi connectivity index (χ4n) is 4.02. The highest BCUT2D eigenvalue weighted by Crippen LogP contribution is 2.46. The molecule has 1 saturated carbocycles. The van der Waals surface area contributed by atoms with E-state index in [4.69, 9.17) is 4.74 Å². The normalized spacial score (nSPS) is 26.3. The lowest BCUT2D eigenvalue weighted by Gasteiger charge is -2.41. The van der Waals surface area contributed by atoms with E-state index in [9.17, 15) is 0 Å². The third-order valence-corrected chi connectivity index (χ3v) is 7.01. The van der Waals surface area contributed by atoms with Crippen LogP contribution < -0.4 is 5.32 Å². The number of thiophene rings is 1. The smallest absolute Gasteiger partial charge is 0.0686 e. The maximum absolute atomic E-state index is 6.22. The Kier molecular flexibility index (Phi) is 5.41. The molecule has 2 unspecified atom stereocenters. The van der Waals surface area contributed by atoms with Gasteiger partial charge in [0.15, 0.2) is 0 Å². The number of ether oxygens (including phenoxy) is 1. The first kappa shape index (κ1) is 16.0. The number of nitrogens with one attached hydrogen (secondary N) is 1. The van der Waals surface area contributed by atoms with E-state index in [1.54, 1.807) is 0 Å². The Balaban J connectivity index is 1.77. The van der Waals surface area contributed by atoms with Crippen LogP contribution in [0.1, 0.15) is 62.8 Å². The molecule has 118 valence electrons. The molecule has 2 atom stereocenters. The summed E-state index contributed by atoms with van der Waals surface area (Å²) in [6.45, 7) is 4.29. The van der Waals surface area contributed by atoms with Crippen LogP contribution in [0.4, 0.5) is 0 Å². The fourth-order valence-corrected chi connectivity index (χ4v) is 5.81. The predicted molar refractivity (Wildman–Crippen MR) is 92.9 cm³/mol. The lowest BCUT2D eigenvalue weighted by atomic mass is 9.80. The van der Waals surface area contributed by atoms with Crippen molar-refractivity contribution in [1.29, 1.82) is 0 Å². The first-order chi connectivity index (χ1) is 10.2. The van der Waals surface area contributed by atoms with Gasteiger partial charge in [-0.1, -0.05) is 19.8 Å². The van der Waals surface area contributed by atoms with Gasteiger partial charge in [-0.2, -0.15) is 0 Å². The standard InChI is InChI=1S/C17H26BrNOS/c1-2-9-19-15(16-14(18)6-11-21-16)13-5-10-20-17(12-13)7-3-4-8-17/h6,11,13,15,19H,2-5,7-10,12H2,1H3. The molecule has 0 amide bonds. The summed E-state index contributed by atoms with van der Waals surface area (Å²) in [5, 5.41) is 6.01. The zero-order valence-corrected chi connectivity index (χ0v) is 15.3. The van der Waals surface area contributed by atoms with Gasteiger partial charge in [0.25, 0.3) is 0 Å². The van der Waals surface area contributed by atoms with Gasteiger partial charge in [-0.25, -0.2) is 0 Å². The van der Waals surface area contributed by atoms with E-state index in [-0.39, 0.29) is 5.60 Å². The summed E-state index contributed by atoms with van der Waals surface area (Å²) in [5.41, 5.74) is 0.207. The summed E-state index contributed by atoms with van der Waals surface area (Å²) in [6, 6.07) is 2.67. The van der Waals surface area contributed by atoms with Crippen LogP contribution in [0, 0.1) is 5.92 Å². The first-order valence-electron chi connectivity index (χ1n) is 8.34. The van der Waals surface area contributed by atoms with Crippen LogP contribution in [0.2, 0.25) is 0 Å². The van der Waals surface area contributed by atoms with Gasteiger partial charge in [0.05, 0.1) is 5.60 Å². The second kappa shape index (κ2) is 7.12. The van der Waals surface area contributed by atoms with Gasteiger partial charge in [-0.3, -0.25) is 0 Å². The summed E-state index contributed by atoms with van der Waals surface area (Å²) in [6.07, 6.45) is 8.86. The Labute approximate surface area is 140 Å². The van der Waals surface area contributed by atoms with Gasteiger partial charge in [0, 0.05) is 22.0 Å². The SMILES string of the molecule is CCCNC(c1sccc1Br)C1CCOC2(CCCC2)C1. The van der Waals surface area contributed by atoms with Crippen molar-refractivity contribution in [2.45, 2.75) is 63.5 Å². The second-order valence-corrected chi connectivity index (χ2v) is 8.36. The molecule has 1 spiro atoms. The first-order valence-corrected chi connectivity index (χ1v) is 10.0. The van der Waals surface area contributed by atoms with E-state index in [1.165, 1.54) is 54.3 Å². The summed E-state index contributed by atoms with van der Waals surface area (Å²) in [7, 11) is 0. The van der Waals surface area contributed by atoms with Crippen LogP contribution in [-0.4, -0.2) is 18.8 Å². The molecule has 0 bridgehead atoms. The van der Waals surface area contributed by atoms with E-state index in [2.05, 4.69) is 39.6 Å². The summed E-state index contributed by atoms with van der Waals surface area (Å²) in [5.74, 6) is 0.707. The number of hydrogen-bond donors (Lipinski definition) is 1. The van der Waals surface area contributed by atoms with Crippen molar-refractivity contribution < 1.29 is 4.74 Å². The molecular formula is C17H26BrNOS. The lowest BCUT2D eigenvalue weighted by molar-refractivity contribution is -0.0980. The van der Waals surface area contributed by atoms with Crippen LogP contribution in [0.3, 0.4) is 0 Å². The Morgan fingerprint density at radius 3 is 2.95 bits per heavy atom. The quantitative estimate of drug-likeness (QED) is 0.758. The minimum atomic E-state index is 0.207. The largest absolute Gasteiger partial charge is 0.375 e. The van der Waals surface area contributed by atoms with Crippen molar-refractivity contribution in [2.24, 2.45) is 5.92 Å². The molecule has 0 radical (unpaired) electrons. The molecule has 21 heavy (non-hydrogen) atoms. The van der Waals surface area contributed by atoms with Crippen LogP contribution in [0.15, 0.2) is 15.9 Å². The number of rotatable bonds is 5. The van der Waals surface area contributed by atoms with Gasteiger partial charge in [0.2, 0.25) is 0 Å². The van der Waals surface area contributed by atoms with Crippen LogP contribution in [-0.2, 0) is 4.74 Å². The third-order valence-electron chi connectivity index (χ3n) is 5.06. The molecule has 3 rings (SSSR count). The Morgan fingerprint density at radius 1 is 1.48 bits per heavy atom. The number of hydrogen-bond acceptors (Lipinski definition) is 3. The molecule has 2 fully saturated rings. The van der Waals surface area contributed by atoms with Crippen molar-refractivity contribution in [3.8, 4) is 0 Å². The molecule has 2 aliphatic rings. The van der Waals surface area contributed by atoms with Crippen LogP contribution in [0.5, 0.6) is 0 Å². The average Bonchev–Trinajstić information content (AvgIpc) is 3.10. The highest BCUT2D eigenvalue weighted by atomic mass is 79.9. The zero-order valence-electron chi connectivity index (χ0n) is 12.9. The molecule has 2 nitrogen and oxygen atoms in total. The van der Waals surface area contributed by atoms with Crippen LogP contribution in [0.25, 0.3) is 0 Å². The molecule has 1 aliphatic heterocycles. The Hall–Kier alpha value is 0.1000. The van der Waals surface area contributed by atoms with Crippen molar-refractivity contribution in [1.82, 2.24) is 5.32 Å².